The molecule has 1 fully saturated rings. The van der Waals surface area contributed by atoms with Gasteiger partial charge >= 0.3 is 0 Å². The number of nitrogens with one attached hydrogen (secondary N) is 1. The normalized spacial score (nSPS) is 18.4. The fourth-order valence-corrected chi connectivity index (χ4v) is 2.50. The van der Waals surface area contributed by atoms with Gasteiger partial charge in [-0.3, -0.25) is 14.4 Å². The molecule has 5 nitrogen and oxygen atoms in total. The first-order valence-electron chi connectivity index (χ1n) is 7.08. The first-order chi connectivity index (χ1) is 10.1. The zero-order valence-corrected chi connectivity index (χ0v) is 12.7. The molecule has 6 heteroatoms. The van der Waals surface area contributed by atoms with Crippen LogP contribution in [0.4, 0.5) is 0 Å². The molecule has 0 aliphatic carbocycles. The maximum Gasteiger partial charge on any atom is 0.253 e. The number of hydroxylamine groups is 1. The van der Waals surface area contributed by atoms with Gasteiger partial charge in [0.25, 0.3) is 5.91 Å². The number of halogens is 1. The number of rotatable bonds is 4. The van der Waals surface area contributed by atoms with E-state index in [4.69, 9.17) is 16.4 Å². The summed E-state index contributed by atoms with van der Waals surface area (Å²) >= 11 is 5.82. The van der Waals surface area contributed by atoms with E-state index in [1.54, 1.807) is 36.1 Å². The topological polar surface area (TPSA) is 58.6 Å². The quantitative estimate of drug-likeness (QED) is 0.868. The van der Waals surface area contributed by atoms with E-state index in [-0.39, 0.29) is 17.7 Å². The van der Waals surface area contributed by atoms with Crippen molar-refractivity contribution in [1.29, 1.82) is 0 Å². The van der Waals surface area contributed by atoms with Crippen LogP contribution in [0, 0.1) is 5.92 Å². The molecular weight excluding hydrogens is 292 g/mol. The molecule has 0 radical (unpaired) electrons. The van der Waals surface area contributed by atoms with Gasteiger partial charge in [0.2, 0.25) is 5.91 Å². The number of benzene rings is 1. The smallest absolute Gasteiger partial charge is 0.253 e. The molecule has 1 saturated heterocycles. The van der Waals surface area contributed by atoms with E-state index in [0.29, 0.717) is 30.3 Å². The van der Waals surface area contributed by atoms with Crippen LogP contribution in [-0.2, 0) is 9.63 Å². The third kappa shape index (κ3) is 4.19. The van der Waals surface area contributed by atoms with Crippen molar-refractivity contribution in [2.45, 2.75) is 19.8 Å². The lowest BCUT2D eigenvalue weighted by molar-refractivity contribution is -0.138. The van der Waals surface area contributed by atoms with E-state index in [1.165, 1.54) is 0 Å². The number of amides is 2. The van der Waals surface area contributed by atoms with Crippen LogP contribution in [0.5, 0.6) is 0 Å². The predicted octanol–water partition coefficient (Wildman–Crippen LogP) is 2.26. The molecule has 0 saturated carbocycles. The molecular formula is C15H19ClN2O3. The van der Waals surface area contributed by atoms with Crippen molar-refractivity contribution in [1.82, 2.24) is 10.4 Å². The van der Waals surface area contributed by atoms with E-state index in [0.717, 1.165) is 12.8 Å². The summed E-state index contributed by atoms with van der Waals surface area (Å²) in [4.78, 5) is 31.0. The number of piperidine rings is 1. The Bertz CT molecular complexity index is 504. The number of hydrogen-bond acceptors (Lipinski definition) is 3. The zero-order chi connectivity index (χ0) is 15.2. The highest BCUT2D eigenvalue weighted by Gasteiger charge is 2.29. The molecule has 1 aliphatic heterocycles. The van der Waals surface area contributed by atoms with Crippen LogP contribution < -0.4 is 5.48 Å². The number of likely N-dealkylation sites (tertiary alicyclic amines) is 1. The Kier molecular flexibility index (Phi) is 5.59. The van der Waals surface area contributed by atoms with Gasteiger partial charge in [-0.05, 0) is 44.0 Å². The zero-order valence-electron chi connectivity index (χ0n) is 12.0. The molecule has 1 aliphatic rings. The van der Waals surface area contributed by atoms with E-state index in [2.05, 4.69) is 5.48 Å². The molecule has 0 aromatic heterocycles. The van der Waals surface area contributed by atoms with Crippen molar-refractivity contribution in [3.05, 3.63) is 34.9 Å². The van der Waals surface area contributed by atoms with Crippen LogP contribution >= 0.6 is 11.6 Å². The van der Waals surface area contributed by atoms with E-state index >= 15 is 0 Å². The van der Waals surface area contributed by atoms with Gasteiger partial charge in [-0.2, -0.15) is 0 Å². The SMILES string of the molecule is CCONC(=O)C1CCCN(C(=O)c2ccc(Cl)cc2)C1. The lowest BCUT2D eigenvalue weighted by Crippen LogP contribution is -2.45. The molecule has 1 atom stereocenters. The summed E-state index contributed by atoms with van der Waals surface area (Å²) in [5.74, 6) is -0.451. The minimum absolute atomic E-state index is 0.0689. The molecule has 1 heterocycles. The Balaban J connectivity index is 1.98. The molecule has 2 amide bonds. The van der Waals surface area contributed by atoms with Crippen molar-refractivity contribution in [2.24, 2.45) is 5.92 Å². The monoisotopic (exact) mass is 310 g/mol. The largest absolute Gasteiger partial charge is 0.338 e. The molecule has 1 N–H and O–H groups in total. The van der Waals surface area contributed by atoms with Crippen LogP contribution in [0.1, 0.15) is 30.1 Å². The number of nitrogens with zero attached hydrogens (tertiary/aromatic N) is 1. The first kappa shape index (κ1) is 15.8. The van der Waals surface area contributed by atoms with Crippen LogP contribution in [0.2, 0.25) is 5.02 Å². The average Bonchev–Trinajstić information content (AvgIpc) is 2.52. The van der Waals surface area contributed by atoms with Crippen LogP contribution in [0.25, 0.3) is 0 Å². The molecule has 114 valence electrons. The van der Waals surface area contributed by atoms with Crippen molar-refractivity contribution >= 4 is 23.4 Å². The Labute approximate surface area is 129 Å². The van der Waals surface area contributed by atoms with Gasteiger partial charge in [0, 0.05) is 23.7 Å². The second-order valence-electron chi connectivity index (χ2n) is 5.00. The Morgan fingerprint density at radius 2 is 2.10 bits per heavy atom. The predicted molar refractivity (Wildman–Crippen MR) is 79.8 cm³/mol. The lowest BCUT2D eigenvalue weighted by atomic mass is 9.97. The number of carbonyl (C=O) groups excluding carboxylic acids is 2. The lowest BCUT2D eigenvalue weighted by Gasteiger charge is -2.32. The number of hydrogen-bond donors (Lipinski definition) is 1. The van der Waals surface area contributed by atoms with Crippen LogP contribution in [0.15, 0.2) is 24.3 Å². The van der Waals surface area contributed by atoms with Crippen molar-refractivity contribution < 1.29 is 14.4 Å². The molecule has 1 aromatic carbocycles. The van der Waals surface area contributed by atoms with Gasteiger partial charge in [0.15, 0.2) is 0 Å². The van der Waals surface area contributed by atoms with Crippen molar-refractivity contribution in [3.8, 4) is 0 Å². The highest BCUT2D eigenvalue weighted by atomic mass is 35.5. The van der Waals surface area contributed by atoms with Gasteiger partial charge in [-0.1, -0.05) is 11.6 Å². The van der Waals surface area contributed by atoms with Gasteiger partial charge in [-0.15, -0.1) is 0 Å². The Morgan fingerprint density at radius 3 is 2.76 bits per heavy atom. The van der Waals surface area contributed by atoms with E-state index < -0.39 is 0 Å². The summed E-state index contributed by atoms with van der Waals surface area (Å²) in [6.07, 6.45) is 1.58. The second kappa shape index (κ2) is 7.43. The van der Waals surface area contributed by atoms with Gasteiger partial charge < -0.3 is 4.90 Å². The Hall–Kier alpha value is -1.59. The maximum absolute atomic E-state index is 12.4. The molecule has 0 spiro atoms. The maximum atomic E-state index is 12.4. The summed E-state index contributed by atoms with van der Waals surface area (Å²) in [6, 6.07) is 6.79. The highest BCUT2D eigenvalue weighted by Crippen LogP contribution is 2.19. The molecule has 21 heavy (non-hydrogen) atoms. The molecule has 1 aromatic rings. The number of carbonyl (C=O) groups is 2. The third-order valence-corrected chi connectivity index (χ3v) is 3.74. The Morgan fingerprint density at radius 1 is 1.38 bits per heavy atom. The summed E-state index contributed by atoms with van der Waals surface area (Å²) in [5, 5.41) is 0.596. The molecule has 0 bridgehead atoms. The minimum atomic E-state index is -0.221. The van der Waals surface area contributed by atoms with Gasteiger partial charge in [0.1, 0.15) is 0 Å². The van der Waals surface area contributed by atoms with Crippen molar-refractivity contribution in [3.63, 3.8) is 0 Å². The van der Waals surface area contributed by atoms with Crippen LogP contribution in [-0.4, -0.2) is 36.4 Å². The minimum Gasteiger partial charge on any atom is -0.338 e. The van der Waals surface area contributed by atoms with E-state index in [1.807, 2.05) is 0 Å². The fourth-order valence-electron chi connectivity index (χ4n) is 2.38. The molecule has 2 rings (SSSR count). The summed E-state index contributed by atoms with van der Waals surface area (Å²) < 4.78 is 0. The van der Waals surface area contributed by atoms with E-state index in [9.17, 15) is 9.59 Å². The summed E-state index contributed by atoms with van der Waals surface area (Å²) in [5.41, 5.74) is 3.00. The van der Waals surface area contributed by atoms with Gasteiger partial charge in [0.05, 0.1) is 12.5 Å². The molecule has 1 unspecified atom stereocenters. The standard InChI is InChI=1S/C15H19ClN2O3/c1-2-21-17-14(19)12-4-3-9-18(10-12)15(20)11-5-7-13(16)8-6-11/h5-8,12H,2-4,9-10H2,1H3,(H,17,19). The first-order valence-corrected chi connectivity index (χ1v) is 7.46. The average molecular weight is 311 g/mol. The highest BCUT2D eigenvalue weighted by molar-refractivity contribution is 6.30. The van der Waals surface area contributed by atoms with Crippen LogP contribution in [0.3, 0.4) is 0 Å². The summed E-state index contributed by atoms with van der Waals surface area (Å²) in [6.45, 7) is 3.31. The van der Waals surface area contributed by atoms with Crippen molar-refractivity contribution in [2.75, 3.05) is 19.7 Å². The fraction of sp³-hybridized carbons (Fsp3) is 0.467. The van der Waals surface area contributed by atoms with Gasteiger partial charge in [-0.25, -0.2) is 5.48 Å². The third-order valence-electron chi connectivity index (χ3n) is 3.49. The second-order valence-corrected chi connectivity index (χ2v) is 5.43. The summed E-state index contributed by atoms with van der Waals surface area (Å²) in [7, 11) is 0.